The van der Waals surface area contributed by atoms with Crippen molar-refractivity contribution >= 4 is 23.2 Å². The van der Waals surface area contributed by atoms with Gasteiger partial charge in [0.05, 0.1) is 17.5 Å². The second kappa shape index (κ2) is 3.03. The summed E-state index contributed by atoms with van der Waals surface area (Å²) in [6.07, 6.45) is 0.525. The van der Waals surface area contributed by atoms with Crippen molar-refractivity contribution in [2.75, 3.05) is 10.6 Å². The molecular weight excluding hydrogens is 230 g/mol. The predicted molar refractivity (Wildman–Crippen MR) is 54.9 cm³/mol. The first-order valence-corrected chi connectivity index (χ1v) is 5.13. The maximum atomic E-state index is 13.6. The Bertz CT molecular complexity index is 515. The normalized spacial score (nSPS) is 26.4. The van der Waals surface area contributed by atoms with Gasteiger partial charge in [-0.25, -0.2) is 13.7 Å². The van der Waals surface area contributed by atoms with Crippen molar-refractivity contribution in [3.05, 3.63) is 23.8 Å². The summed E-state index contributed by atoms with van der Waals surface area (Å²) in [5.74, 6) is -3.41. The number of anilines is 2. The number of nitrogen functional groups attached to an aromatic ring is 1. The van der Waals surface area contributed by atoms with Crippen LogP contribution in [0.5, 0.6) is 0 Å². The summed E-state index contributed by atoms with van der Waals surface area (Å²) in [7, 11) is 0. The maximum absolute atomic E-state index is 13.6. The Kier molecular flexibility index (Phi) is 1.81. The molecule has 0 aromatic heterocycles. The van der Waals surface area contributed by atoms with Crippen molar-refractivity contribution in [2.24, 2.45) is 11.8 Å². The van der Waals surface area contributed by atoms with Crippen molar-refractivity contribution in [3.8, 4) is 0 Å². The molecule has 3 rings (SSSR count). The summed E-state index contributed by atoms with van der Waals surface area (Å²) in [5, 5.41) is 0. The van der Waals surface area contributed by atoms with E-state index in [1.165, 1.54) is 0 Å². The van der Waals surface area contributed by atoms with E-state index in [0.29, 0.717) is 12.5 Å². The first-order chi connectivity index (χ1) is 8.00. The summed E-state index contributed by atoms with van der Waals surface area (Å²) in [6.45, 7) is 0. The molecule has 2 amide bonds. The Labute approximate surface area is 95.0 Å². The van der Waals surface area contributed by atoms with Crippen LogP contribution in [-0.4, -0.2) is 11.8 Å². The van der Waals surface area contributed by atoms with Gasteiger partial charge in [-0.05, 0) is 12.5 Å². The Balaban J connectivity index is 2.11. The molecule has 1 aromatic rings. The lowest BCUT2D eigenvalue weighted by atomic mass is 10.2. The van der Waals surface area contributed by atoms with E-state index in [0.717, 1.165) is 11.0 Å². The number of carbonyl (C=O) groups excluding carboxylic acids is 2. The third-order valence-corrected chi connectivity index (χ3v) is 3.15. The maximum Gasteiger partial charge on any atom is 0.237 e. The van der Waals surface area contributed by atoms with E-state index in [1.54, 1.807) is 0 Å². The van der Waals surface area contributed by atoms with Gasteiger partial charge in [0, 0.05) is 6.07 Å². The molecule has 6 heteroatoms. The van der Waals surface area contributed by atoms with Crippen LogP contribution >= 0.6 is 0 Å². The van der Waals surface area contributed by atoms with E-state index in [9.17, 15) is 18.4 Å². The van der Waals surface area contributed by atoms with Gasteiger partial charge in [0.15, 0.2) is 5.82 Å². The zero-order valence-electron chi connectivity index (χ0n) is 8.61. The molecule has 2 N–H and O–H groups in total. The smallest absolute Gasteiger partial charge is 0.237 e. The van der Waals surface area contributed by atoms with Crippen LogP contribution in [0.4, 0.5) is 20.2 Å². The van der Waals surface area contributed by atoms with Crippen LogP contribution in [0, 0.1) is 23.5 Å². The third kappa shape index (κ3) is 1.26. The van der Waals surface area contributed by atoms with Gasteiger partial charge in [0.1, 0.15) is 11.5 Å². The second-order valence-electron chi connectivity index (χ2n) is 4.29. The van der Waals surface area contributed by atoms with Crippen molar-refractivity contribution in [3.63, 3.8) is 0 Å². The number of nitrogens with two attached hydrogens (primary N) is 1. The van der Waals surface area contributed by atoms with Crippen molar-refractivity contribution in [1.82, 2.24) is 0 Å². The Morgan fingerprint density at radius 1 is 1.18 bits per heavy atom. The van der Waals surface area contributed by atoms with Crippen molar-refractivity contribution < 1.29 is 18.4 Å². The van der Waals surface area contributed by atoms with Crippen molar-refractivity contribution in [1.29, 1.82) is 0 Å². The number of halogens is 2. The Hall–Kier alpha value is -1.98. The van der Waals surface area contributed by atoms with Crippen LogP contribution in [0.15, 0.2) is 12.1 Å². The fourth-order valence-corrected chi connectivity index (χ4v) is 2.22. The molecule has 2 atom stereocenters. The number of benzene rings is 1. The number of fused-ring (bicyclic) bond motifs is 1. The third-order valence-electron chi connectivity index (χ3n) is 3.15. The van der Waals surface area contributed by atoms with Gasteiger partial charge in [-0.15, -0.1) is 0 Å². The molecule has 0 radical (unpaired) electrons. The monoisotopic (exact) mass is 238 g/mol. The molecule has 1 saturated carbocycles. The Morgan fingerprint density at radius 3 is 2.29 bits per heavy atom. The number of amides is 2. The number of imide groups is 1. The van der Waals surface area contributed by atoms with E-state index in [4.69, 9.17) is 5.73 Å². The zero-order valence-corrected chi connectivity index (χ0v) is 8.61. The highest BCUT2D eigenvalue weighted by molar-refractivity contribution is 6.25. The van der Waals surface area contributed by atoms with Gasteiger partial charge in [-0.2, -0.15) is 0 Å². The largest absolute Gasteiger partial charge is 0.397 e. The summed E-state index contributed by atoms with van der Waals surface area (Å²) in [5.41, 5.74) is 4.89. The minimum atomic E-state index is -0.995. The summed E-state index contributed by atoms with van der Waals surface area (Å²) in [6, 6.07) is 1.50. The number of hydrogen-bond acceptors (Lipinski definition) is 3. The lowest BCUT2D eigenvalue weighted by Crippen LogP contribution is -2.34. The second-order valence-corrected chi connectivity index (χ2v) is 4.29. The topological polar surface area (TPSA) is 63.4 Å². The molecule has 88 valence electrons. The summed E-state index contributed by atoms with van der Waals surface area (Å²) >= 11 is 0. The molecule has 2 aliphatic rings. The van der Waals surface area contributed by atoms with Crippen LogP contribution in [0.25, 0.3) is 0 Å². The quantitative estimate of drug-likeness (QED) is 0.587. The molecule has 2 unspecified atom stereocenters. The van der Waals surface area contributed by atoms with E-state index in [2.05, 4.69) is 0 Å². The minimum Gasteiger partial charge on any atom is -0.397 e. The highest BCUT2D eigenvalue weighted by Gasteiger charge is 2.60. The number of nitrogens with zero attached hydrogens (tertiary/aromatic N) is 1. The number of carbonyl (C=O) groups is 2. The Morgan fingerprint density at radius 2 is 1.76 bits per heavy atom. The molecule has 1 heterocycles. The molecule has 1 aromatic carbocycles. The molecule has 4 nitrogen and oxygen atoms in total. The first kappa shape index (κ1) is 10.2. The number of hydrogen-bond donors (Lipinski definition) is 1. The first-order valence-electron chi connectivity index (χ1n) is 5.13. The van der Waals surface area contributed by atoms with E-state index >= 15 is 0 Å². The minimum absolute atomic E-state index is 0.245. The van der Waals surface area contributed by atoms with Gasteiger partial charge in [-0.1, -0.05) is 0 Å². The fourth-order valence-electron chi connectivity index (χ4n) is 2.22. The number of piperidine rings is 1. The van der Waals surface area contributed by atoms with E-state index in [-0.39, 0.29) is 23.2 Å². The van der Waals surface area contributed by atoms with Crippen LogP contribution in [-0.2, 0) is 9.59 Å². The van der Waals surface area contributed by atoms with Crippen LogP contribution < -0.4 is 10.6 Å². The van der Waals surface area contributed by atoms with Gasteiger partial charge >= 0.3 is 0 Å². The predicted octanol–water partition coefficient (Wildman–Crippen LogP) is 1.06. The lowest BCUT2D eigenvalue weighted by Gasteiger charge is -2.19. The molecule has 1 saturated heterocycles. The summed E-state index contributed by atoms with van der Waals surface area (Å²) in [4.78, 5) is 24.2. The van der Waals surface area contributed by atoms with Crippen molar-refractivity contribution in [2.45, 2.75) is 6.42 Å². The van der Waals surface area contributed by atoms with Crippen LogP contribution in [0.3, 0.4) is 0 Å². The molecule has 0 bridgehead atoms. The summed E-state index contributed by atoms with van der Waals surface area (Å²) < 4.78 is 26.5. The molecule has 0 spiro atoms. The van der Waals surface area contributed by atoms with Crippen LogP contribution in [0.1, 0.15) is 6.42 Å². The molecule has 1 aliphatic carbocycles. The fraction of sp³-hybridized carbons (Fsp3) is 0.273. The lowest BCUT2D eigenvalue weighted by molar-refractivity contribution is -0.123. The average Bonchev–Trinajstić information content (AvgIpc) is 2.96. The molecule has 1 aliphatic heterocycles. The average molecular weight is 238 g/mol. The number of rotatable bonds is 1. The standard InChI is InChI=1S/C11H8F2N2O2/c12-4-1-7(13)9(8(14)2-4)15-10(16)5-3-6(5)11(15)17/h1-2,5-6H,3,14H2. The molecular formula is C11H8F2N2O2. The van der Waals surface area contributed by atoms with Gasteiger partial charge < -0.3 is 5.73 Å². The van der Waals surface area contributed by atoms with Crippen LogP contribution in [0.2, 0.25) is 0 Å². The van der Waals surface area contributed by atoms with Gasteiger partial charge in [-0.3, -0.25) is 9.59 Å². The highest BCUT2D eigenvalue weighted by Crippen LogP contribution is 2.49. The van der Waals surface area contributed by atoms with E-state index in [1.807, 2.05) is 0 Å². The van der Waals surface area contributed by atoms with Gasteiger partial charge in [0.25, 0.3) is 0 Å². The zero-order chi connectivity index (χ0) is 12.3. The SMILES string of the molecule is Nc1cc(F)cc(F)c1N1C(=O)C2CC2C1=O. The molecule has 2 fully saturated rings. The molecule has 17 heavy (non-hydrogen) atoms. The van der Waals surface area contributed by atoms with E-state index < -0.39 is 23.4 Å². The van der Waals surface area contributed by atoms with Gasteiger partial charge in [0.2, 0.25) is 11.8 Å². The highest BCUT2D eigenvalue weighted by atomic mass is 19.1.